The number of carbonyl (C=O) groups is 2. The first-order chi connectivity index (χ1) is 16.4. The second-order valence-corrected chi connectivity index (χ2v) is 9.47. The number of anilines is 3. The van der Waals surface area contributed by atoms with Crippen LogP contribution in [0.5, 0.6) is 0 Å². The van der Waals surface area contributed by atoms with Gasteiger partial charge in [-0.3, -0.25) is 9.59 Å². The number of likely N-dealkylation sites (N-methyl/N-ethyl adjacent to an activating group) is 1. The molecule has 2 fully saturated rings. The Labute approximate surface area is 201 Å². The summed E-state index contributed by atoms with van der Waals surface area (Å²) in [6.45, 7) is 8.56. The number of piperidine rings is 1. The normalized spacial score (nSPS) is 21.4. The average molecular weight is 466 g/mol. The van der Waals surface area contributed by atoms with E-state index in [0.717, 1.165) is 56.0 Å². The van der Waals surface area contributed by atoms with Gasteiger partial charge in [-0.25, -0.2) is 9.97 Å². The molecule has 4 heterocycles. The smallest absolute Gasteiger partial charge is 0.313 e. The van der Waals surface area contributed by atoms with Crippen molar-refractivity contribution in [2.75, 3.05) is 55.7 Å². The third kappa shape index (κ3) is 5.30. The molecule has 34 heavy (non-hydrogen) atoms. The van der Waals surface area contributed by atoms with Gasteiger partial charge in [-0.1, -0.05) is 19.9 Å². The van der Waals surface area contributed by atoms with Crippen molar-refractivity contribution in [3.05, 3.63) is 41.7 Å². The largest absolute Gasteiger partial charge is 0.383 e. The van der Waals surface area contributed by atoms with E-state index in [9.17, 15) is 9.59 Å². The fourth-order valence-corrected chi connectivity index (χ4v) is 4.73. The maximum absolute atomic E-state index is 13.2. The van der Waals surface area contributed by atoms with Crippen molar-refractivity contribution in [3.63, 3.8) is 0 Å². The van der Waals surface area contributed by atoms with E-state index in [2.05, 4.69) is 40.1 Å². The van der Waals surface area contributed by atoms with Gasteiger partial charge >= 0.3 is 11.8 Å². The molecule has 3 N–H and O–H groups in total. The van der Waals surface area contributed by atoms with Crippen LogP contribution in [0.3, 0.4) is 0 Å². The zero-order valence-electron chi connectivity index (χ0n) is 20.3. The highest BCUT2D eigenvalue weighted by Gasteiger charge is 2.34. The van der Waals surface area contributed by atoms with Gasteiger partial charge in [0.05, 0.1) is 17.9 Å². The molecule has 1 unspecified atom stereocenters. The number of aryl methyl sites for hydroxylation is 1. The first-order valence-corrected chi connectivity index (χ1v) is 12.1. The molecule has 2 amide bonds. The molecule has 2 aromatic heterocycles. The summed E-state index contributed by atoms with van der Waals surface area (Å²) in [6.07, 6.45) is 5.84. The van der Waals surface area contributed by atoms with E-state index < -0.39 is 11.8 Å². The van der Waals surface area contributed by atoms with Crippen molar-refractivity contribution in [1.82, 2.24) is 19.8 Å². The highest BCUT2D eigenvalue weighted by atomic mass is 16.2. The van der Waals surface area contributed by atoms with E-state index in [0.29, 0.717) is 30.4 Å². The van der Waals surface area contributed by atoms with E-state index in [-0.39, 0.29) is 6.04 Å². The summed E-state index contributed by atoms with van der Waals surface area (Å²) in [7, 11) is 2.13. The zero-order valence-corrected chi connectivity index (χ0v) is 20.3. The van der Waals surface area contributed by atoms with Crippen LogP contribution < -0.4 is 16.0 Å². The van der Waals surface area contributed by atoms with Gasteiger partial charge < -0.3 is 25.8 Å². The van der Waals surface area contributed by atoms with E-state index in [1.54, 1.807) is 11.0 Å². The summed E-state index contributed by atoms with van der Waals surface area (Å²) in [5.41, 5.74) is 8.14. The molecule has 0 bridgehead atoms. The number of nitrogens with two attached hydrogens (primary N) is 1. The number of carbonyl (C=O) groups excluding carboxylic acids is 2. The number of nitrogens with one attached hydrogen (secondary N) is 1. The number of hydrogen-bond donors (Lipinski definition) is 2. The van der Waals surface area contributed by atoms with Crippen LogP contribution in [0.2, 0.25) is 0 Å². The predicted octanol–water partition coefficient (Wildman–Crippen LogP) is 2.31. The maximum Gasteiger partial charge on any atom is 0.313 e. The van der Waals surface area contributed by atoms with Crippen molar-refractivity contribution < 1.29 is 9.59 Å². The second kappa shape index (κ2) is 10.4. The van der Waals surface area contributed by atoms with Crippen molar-refractivity contribution >= 4 is 29.1 Å². The lowest BCUT2D eigenvalue weighted by Crippen LogP contribution is -2.46. The molecule has 4 rings (SSSR count). The van der Waals surface area contributed by atoms with Gasteiger partial charge in [0.1, 0.15) is 11.6 Å². The predicted molar refractivity (Wildman–Crippen MR) is 133 cm³/mol. The maximum atomic E-state index is 13.2. The molecule has 0 radical (unpaired) electrons. The molecule has 0 spiro atoms. The van der Waals surface area contributed by atoms with Crippen molar-refractivity contribution in [2.45, 2.75) is 39.2 Å². The molecule has 2 saturated heterocycles. The summed E-state index contributed by atoms with van der Waals surface area (Å²) in [5.74, 6) is 0.531. The molecular weight excluding hydrogens is 430 g/mol. The van der Waals surface area contributed by atoms with Crippen molar-refractivity contribution in [1.29, 1.82) is 0 Å². The van der Waals surface area contributed by atoms with Gasteiger partial charge in [-0.15, -0.1) is 0 Å². The fraction of sp³-hybridized carbons (Fsp3) is 0.520. The Balaban J connectivity index is 1.48. The molecular formula is C25H35N7O2. The Morgan fingerprint density at radius 1 is 1.12 bits per heavy atom. The molecule has 2 atom stereocenters. The first-order valence-electron chi connectivity index (χ1n) is 12.1. The van der Waals surface area contributed by atoms with Gasteiger partial charge in [0, 0.05) is 38.9 Å². The minimum Gasteiger partial charge on any atom is -0.383 e. The lowest BCUT2D eigenvalue weighted by molar-refractivity contribution is -0.146. The molecule has 2 aliphatic rings. The Morgan fingerprint density at radius 3 is 2.56 bits per heavy atom. The third-order valence-corrected chi connectivity index (χ3v) is 6.90. The minimum absolute atomic E-state index is 0.167. The standard InChI is InChI=1S/C25H35N7O2/c1-4-18-13-20(15-28-23(18)26)29-24(33)25(34)32-16-17(2)5-7-21(32)19-6-8-22(27-14-19)31-11-9-30(3)10-12-31/h6,8,13-15,17,21H,4-5,7,9-12,16H2,1-3H3,(H2,26,28)(H,29,33)/t17-,21?/m0/s1. The molecule has 0 aromatic carbocycles. The summed E-state index contributed by atoms with van der Waals surface area (Å²) in [4.78, 5) is 41.2. The number of pyridine rings is 2. The fourth-order valence-electron chi connectivity index (χ4n) is 4.73. The summed E-state index contributed by atoms with van der Waals surface area (Å²) in [6, 6.07) is 5.69. The number of aromatic nitrogens is 2. The van der Waals surface area contributed by atoms with Crippen LogP contribution in [0.1, 0.15) is 43.9 Å². The number of rotatable bonds is 4. The number of nitrogens with zero attached hydrogens (tertiary/aromatic N) is 5. The monoisotopic (exact) mass is 465 g/mol. The van der Waals surface area contributed by atoms with Crippen molar-refractivity contribution in [3.8, 4) is 0 Å². The number of nitrogen functional groups attached to an aromatic ring is 1. The number of amides is 2. The second-order valence-electron chi connectivity index (χ2n) is 9.47. The SMILES string of the molecule is CCc1cc(NC(=O)C(=O)N2C[C@@H](C)CCC2c2ccc(N3CCN(C)CC3)nc2)cnc1N. The summed E-state index contributed by atoms with van der Waals surface area (Å²) < 4.78 is 0. The van der Waals surface area contributed by atoms with Crippen molar-refractivity contribution in [2.24, 2.45) is 5.92 Å². The topological polar surface area (TPSA) is 108 Å². The lowest BCUT2D eigenvalue weighted by atomic mass is 9.90. The van der Waals surface area contributed by atoms with Crippen LogP contribution in [-0.2, 0) is 16.0 Å². The molecule has 2 aliphatic heterocycles. The van der Waals surface area contributed by atoms with Gasteiger partial charge in [0.15, 0.2) is 0 Å². The first kappa shape index (κ1) is 23.9. The number of likely N-dealkylation sites (tertiary alicyclic amines) is 1. The van der Waals surface area contributed by atoms with Gasteiger partial charge in [0.25, 0.3) is 0 Å². The molecule has 182 valence electrons. The van der Waals surface area contributed by atoms with E-state index in [1.165, 1.54) is 6.20 Å². The highest BCUT2D eigenvalue weighted by Crippen LogP contribution is 2.34. The molecule has 9 nitrogen and oxygen atoms in total. The Hall–Kier alpha value is -3.20. The van der Waals surface area contributed by atoms with Gasteiger partial charge in [-0.05, 0) is 55.5 Å². The average Bonchev–Trinajstić information content (AvgIpc) is 2.85. The molecule has 2 aromatic rings. The van der Waals surface area contributed by atoms with Crippen LogP contribution in [0.15, 0.2) is 30.6 Å². The lowest BCUT2D eigenvalue weighted by Gasteiger charge is -2.38. The van der Waals surface area contributed by atoms with E-state index >= 15 is 0 Å². The highest BCUT2D eigenvalue weighted by molar-refractivity contribution is 6.39. The molecule has 9 heteroatoms. The third-order valence-electron chi connectivity index (χ3n) is 6.90. The van der Waals surface area contributed by atoms with E-state index in [1.807, 2.05) is 19.2 Å². The van der Waals surface area contributed by atoms with Crippen LogP contribution >= 0.6 is 0 Å². The van der Waals surface area contributed by atoms with Gasteiger partial charge in [0.2, 0.25) is 0 Å². The minimum atomic E-state index is -0.658. The Bertz CT molecular complexity index is 1020. The van der Waals surface area contributed by atoms with Crippen LogP contribution in [-0.4, -0.2) is 71.4 Å². The van der Waals surface area contributed by atoms with Crippen LogP contribution in [0, 0.1) is 5.92 Å². The molecule has 0 saturated carbocycles. The Morgan fingerprint density at radius 2 is 1.88 bits per heavy atom. The number of hydrogen-bond acceptors (Lipinski definition) is 7. The van der Waals surface area contributed by atoms with Crippen LogP contribution in [0.4, 0.5) is 17.3 Å². The number of piperazine rings is 1. The van der Waals surface area contributed by atoms with Crippen LogP contribution in [0.25, 0.3) is 0 Å². The quantitative estimate of drug-likeness (QED) is 0.667. The summed E-state index contributed by atoms with van der Waals surface area (Å²) >= 11 is 0. The zero-order chi connectivity index (χ0) is 24.2. The van der Waals surface area contributed by atoms with Gasteiger partial charge in [-0.2, -0.15) is 0 Å². The van der Waals surface area contributed by atoms with E-state index in [4.69, 9.17) is 10.7 Å². The summed E-state index contributed by atoms with van der Waals surface area (Å²) in [5, 5.41) is 2.71. The Kier molecular flexibility index (Phi) is 7.31. The molecule has 0 aliphatic carbocycles.